The molecule has 1 rings (SSSR count). The number of halogens is 2. The summed E-state index contributed by atoms with van der Waals surface area (Å²) < 4.78 is 0. The molecule has 0 saturated carbocycles. The van der Waals surface area contributed by atoms with Crippen LogP contribution in [-0.4, -0.2) is 17.0 Å². The molecule has 0 fully saturated rings. The lowest BCUT2D eigenvalue weighted by atomic mass is 9.83. The van der Waals surface area contributed by atoms with Gasteiger partial charge in [-0.3, -0.25) is 9.59 Å². The third kappa shape index (κ3) is 2.90. The average molecular weight is 276 g/mol. The molecule has 0 saturated heterocycles. The molecule has 1 unspecified atom stereocenters. The van der Waals surface area contributed by atoms with Crippen LogP contribution in [0.3, 0.4) is 0 Å². The minimum atomic E-state index is -1.68. The van der Waals surface area contributed by atoms with Gasteiger partial charge in [0.25, 0.3) is 0 Å². The number of carboxylic acids is 1. The smallest absolute Gasteiger partial charge is 0.319 e. The fourth-order valence-electron chi connectivity index (χ4n) is 1.31. The Morgan fingerprint density at radius 2 is 2.00 bits per heavy atom. The second kappa shape index (κ2) is 4.94. The summed E-state index contributed by atoms with van der Waals surface area (Å²) in [6.07, 6.45) is -0.0757. The summed E-state index contributed by atoms with van der Waals surface area (Å²) in [6.45, 7) is 1.27. The lowest BCUT2D eigenvalue weighted by molar-refractivity contribution is -0.153. The van der Waals surface area contributed by atoms with Crippen molar-refractivity contribution in [3.8, 4) is 0 Å². The molecule has 0 aliphatic rings. The fourth-order valence-corrected chi connectivity index (χ4v) is 1.79. The Morgan fingerprint density at radius 1 is 1.41 bits per heavy atom. The van der Waals surface area contributed by atoms with E-state index in [1.54, 1.807) is 12.1 Å². The predicted molar refractivity (Wildman–Crippen MR) is 65.1 cm³/mol. The zero-order valence-electron chi connectivity index (χ0n) is 9.04. The van der Waals surface area contributed by atoms with Gasteiger partial charge in [-0.05, 0) is 31.0 Å². The van der Waals surface area contributed by atoms with Crippen LogP contribution >= 0.6 is 23.2 Å². The molecule has 0 aliphatic carbocycles. The van der Waals surface area contributed by atoms with Crippen LogP contribution in [-0.2, 0) is 16.0 Å². The second-order valence-electron chi connectivity index (χ2n) is 3.91. The number of nitrogens with two attached hydrogens (primary N) is 1. The highest BCUT2D eigenvalue weighted by molar-refractivity contribution is 6.35. The molecule has 92 valence electrons. The quantitative estimate of drug-likeness (QED) is 0.826. The third-order valence-corrected chi connectivity index (χ3v) is 3.16. The number of amides is 1. The Balaban J connectivity index is 3.11. The maximum Gasteiger partial charge on any atom is 0.319 e. The van der Waals surface area contributed by atoms with Crippen molar-refractivity contribution in [2.75, 3.05) is 0 Å². The molecule has 4 nitrogen and oxygen atoms in total. The summed E-state index contributed by atoms with van der Waals surface area (Å²) in [7, 11) is 0. The number of hydrogen-bond acceptors (Lipinski definition) is 2. The van der Waals surface area contributed by atoms with E-state index < -0.39 is 17.3 Å². The number of hydrogen-bond donors (Lipinski definition) is 2. The standard InChI is InChI=1S/C11H11Cl2NO3/c1-11(9(14)15,10(16)17)5-6-2-3-7(12)4-8(6)13/h2-4H,5H2,1H3,(H2,14,15)(H,16,17). The molecule has 3 N–H and O–H groups in total. The summed E-state index contributed by atoms with van der Waals surface area (Å²) >= 11 is 11.6. The van der Waals surface area contributed by atoms with E-state index in [1.807, 2.05) is 0 Å². The highest BCUT2D eigenvalue weighted by Crippen LogP contribution is 2.28. The Morgan fingerprint density at radius 3 is 2.41 bits per heavy atom. The van der Waals surface area contributed by atoms with Gasteiger partial charge in [0.05, 0.1) is 0 Å². The topological polar surface area (TPSA) is 80.4 Å². The zero-order valence-corrected chi connectivity index (χ0v) is 10.5. The van der Waals surface area contributed by atoms with Crippen molar-refractivity contribution in [1.82, 2.24) is 0 Å². The fraction of sp³-hybridized carbons (Fsp3) is 0.273. The van der Waals surface area contributed by atoms with Crippen molar-refractivity contribution >= 4 is 35.1 Å². The maximum absolute atomic E-state index is 11.2. The van der Waals surface area contributed by atoms with Crippen LogP contribution < -0.4 is 5.73 Å². The van der Waals surface area contributed by atoms with Crippen LogP contribution in [0.1, 0.15) is 12.5 Å². The van der Waals surface area contributed by atoms with Gasteiger partial charge >= 0.3 is 5.97 Å². The molecular weight excluding hydrogens is 265 g/mol. The molecule has 0 bridgehead atoms. The Labute approximate surface area is 108 Å². The molecule has 0 heterocycles. The van der Waals surface area contributed by atoms with Crippen LogP contribution in [0.2, 0.25) is 10.0 Å². The third-order valence-electron chi connectivity index (χ3n) is 2.57. The van der Waals surface area contributed by atoms with E-state index >= 15 is 0 Å². The minimum Gasteiger partial charge on any atom is -0.480 e. The first kappa shape index (κ1) is 13.8. The van der Waals surface area contributed by atoms with Crippen molar-refractivity contribution in [1.29, 1.82) is 0 Å². The highest BCUT2D eigenvalue weighted by Gasteiger charge is 2.40. The highest BCUT2D eigenvalue weighted by atomic mass is 35.5. The Bertz CT molecular complexity index is 460. The van der Waals surface area contributed by atoms with E-state index in [0.717, 1.165) is 0 Å². The Hall–Kier alpha value is -1.26. The molecule has 1 amide bonds. The largest absolute Gasteiger partial charge is 0.480 e. The van der Waals surface area contributed by atoms with Crippen LogP contribution in [0.4, 0.5) is 0 Å². The predicted octanol–water partition coefficient (Wildman–Crippen LogP) is 2.11. The van der Waals surface area contributed by atoms with Gasteiger partial charge in [-0.1, -0.05) is 29.3 Å². The molecule has 0 aliphatic heterocycles. The van der Waals surface area contributed by atoms with Gasteiger partial charge in [0.15, 0.2) is 0 Å². The van der Waals surface area contributed by atoms with Crippen molar-refractivity contribution < 1.29 is 14.7 Å². The van der Waals surface area contributed by atoms with Gasteiger partial charge in [0.1, 0.15) is 5.41 Å². The number of benzene rings is 1. The van der Waals surface area contributed by atoms with Crippen LogP contribution in [0.5, 0.6) is 0 Å². The summed E-state index contributed by atoms with van der Waals surface area (Å²) in [4.78, 5) is 22.3. The van der Waals surface area contributed by atoms with Crippen LogP contribution in [0, 0.1) is 5.41 Å². The van der Waals surface area contributed by atoms with Crippen LogP contribution in [0.25, 0.3) is 0 Å². The van der Waals surface area contributed by atoms with Crippen molar-refractivity contribution in [2.45, 2.75) is 13.3 Å². The van der Waals surface area contributed by atoms with E-state index in [9.17, 15) is 9.59 Å². The SMILES string of the molecule is CC(Cc1ccc(Cl)cc1Cl)(C(N)=O)C(=O)O. The van der Waals surface area contributed by atoms with Gasteiger partial charge in [-0.25, -0.2) is 0 Å². The van der Waals surface area contributed by atoms with Gasteiger partial charge < -0.3 is 10.8 Å². The minimum absolute atomic E-state index is 0.0757. The normalized spacial score (nSPS) is 14.1. The molecule has 0 radical (unpaired) electrons. The Kier molecular flexibility index (Phi) is 4.01. The average Bonchev–Trinajstić information content (AvgIpc) is 2.21. The number of rotatable bonds is 4. The molecule has 0 spiro atoms. The lowest BCUT2D eigenvalue weighted by Crippen LogP contribution is -2.43. The van der Waals surface area contributed by atoms with E-state index in [1.165, 1.54) is 13.0 Å². The van der Waals surface area contributed by atoms with E-state index in [-0.39, 0.29) is 6.42 Å². The summed E-state index contributed by atoms with van der Waals surface area (Å²) in [5.74, 6) is -2.19. The summed E-state index contributed by atoms with van der Waals surface area (Å²) in [6, 6.07) is 4.64. The van der Waals surface area contributed by atoms with Crippen molar-refractivity contribution in [3.63, 3.8) is 0 Å². The molecule has 17 heavy (non-hydrogen) atoms. The monoisotopic (exact) mass is 275 g/mol. The first-order valence-corrected chi connectivity index (χ1v) is 5.50. The summed E-state index contributed by atoms with van der Waals surface area (Å²) in [5, 5.41) is 9.79. The van der Waals surface area contributed by atoms with E-state index in [4.69, 9.17) is 34.0 Å². The number of primary amides is 1. The molecule has 1 atom stereocenters. The van der Waals surface area contributed by atoms with Gasteiger partial charge in [0.2, 0.25) is 5.91 Å². The van der Waals surface area contributed by atoms with E-state index in [0.29, 0.717) is 15.6 Å². The van der Waals surface area contributed by atoms with Gasteiger partial charge in [-0.15, -0.1) is 0 Å². The molecule has 1 aromatic rings. The molecule has 1 aromatic carbocycles. The number of carboxylic acid groups (broad SMARTS) is 1. The number of carbonyl (C=O) groups is 2. The van der Waals surface area contributed by atoms with Crippen LogP contribution in [0.15, 0.2) is 18.2 Å². The first-order valence-electron chi connectivity index (χ1n) is 4.74. The molecule has 6 heteroatoms. The van der Waals surface area contributed by atoms with Crippen molar-refractivity contribution in [3.05, 3.63) is 33.8 Å². The molecule has 0 aromatic heterocycles. The van der Waals surface area contributed by atoms with Crippen molar-refractivity contribution in [2.24, 2.45) is 11.1 Å². The maximum atomic E-state index is 11.2. The first-order chi connectivity index (χ1) is 7.77. The summed E-state index contributed by atoms with van der Waals surface area (Å²) in [5.41, 5.74) is 3.94. The molecular formula is C11H11Cl2NO3. The zero-order chi connectivity index (χ0) is 13.2. The number of aliphatic carboxylic acids is 1. The second-order valence-corrected chi connectivity index (χ2v) is 4.76. The number of carbonyl (C=O) groups excluding carboxylic acids is 1. The lowest BCUT2D eigenvalue weighted by Gasteiger charge is -2.21. The van der Waals surface area contributed by atoms with E-state index in [2.05, 4.69) is 0 Å². The van der Waals surface area contributed by atoms with Gasteiger partial charge in [0, 0.05) is 10.0 Å². The van der Waals surface area contributed by atoms with Gasteiger partial charge in [-0.2, -0.15) is 0 Å².